The van der Waals surface area contributed by atoms with Gasteiger partial charge in [-0.05, 0) is 109 Å². The van der Waals surface area contributed by atoms with Crippen molar-refractivity contribution in [2.45, 2.75) is 380 Å². The van der Waals surface area contributed by atoms with Gasteiger partial charge in [-0.15, -0.1) is 0 Å². The van der Waals surface area contributed by atoms with Crippen molar-refractivity contribution in [3.05, 3.63) is 85.1 Å². The molecule has 0 aromatic heterocycles. The van der Waals surface area contributed by atoms with Crippen LogP contribution >= 0.6 is 7.82 Å². The fourth-order valence-electron chi connectivity index (χ4n) is 11.3. The molecular formula is C81H150N2O7P+. The van der Waals surface area contributed by atoms with Crippen LogP contribution in [0.3, 0.4) is 0 Å². The molecule has 1 amide bonds. The van der Waals surface area contributed by atoms with Gasteiger partial charge in [0.15, 0.2) is 0 Å². The third kappa shape index (κ3) is 71.3. The lowest BCUT2D eigenvalue weighted by Crippen LogP contribution is -2.47. The molecule has 0 saturated heterocycles. The molecule has 0 rings (SSSR count). The lowest BCUT2D eigenvalue weighted by molar-refractivity contribution is -0.870. The fourth-order valence-corrected chi connectivity index (χ4v) is 12.0. The molecule has 0 aromatic rings. The van der Waals surface area contributed by atoms with Gasteiger partial charge in [0.2, 0.25) is 5.91 Å². The summed E-state index contributed by atoms with van der Waals surface area (Å²) in [6.45, 7) is 7.00. The molecule has 9 nitrogen and oxygen atoms in total. The zero-order chi connectivity index (χ0) is 66.3. The molecule has 0 spiro atoms. The molecule has 2 N–H and O–H groups in total. The van der Waals surface area contributed by atoms with E-state index in [9.17, 15) is 19.0 Å². The number of phosphoric ester groups is 1. The van der Waals surface area contributed by atoms with E-state index < -0.39 is 20.0 Å². The summed E-state index contributed by atoms with van der Waals surface area (Å²) in [5.74, 6) is -0.495. The van der Waals surface area contributed by atoms with E-state index in [4.69, 9.17) is 13.8 Å². The van der Waals surface area contributed by atoms with E-state index in [1.54, 1.807) is 0 Å². The number of amides is 1. The summed E-state index contributed by atoms with van der Waals surface area (Å²) in [7, 11) is 1.50. The number of nitrogens with zero attached hydrogens (tertiary/aromatic N) is 1. The van der Waals surface area contributed by atoms with Gasteiger partial charge < -0.3 is 19.4 Å². The van der Waals surface area contributed by atoms with Gasteiger partial charge in [-0.2, -0.15) is 0 Å². The number of hydrogen-bond donors (Lipinski definition) is 2. The first-order chi connectivity index (χ1) is 44.4. The topological polar surface area (TPSA) is 111 Å². The number of phosphoric acid groups is 1. The first kappa shape index (κ1) is 88.2. The van der Waals surface area contributed by atoms with E-state index in [0.29, 0.717) is 17.4 Å². The Morgan fingerprint density at radius 3 is 1.02 bits per heavy atom. The average molecular weight is 1300 g/mol. The van der Waals surface area contributed by atoms with Crippen LogP contribution in [0.25, 0.3) is 0 Å². The molecule has 530 valence electrons. The number of quaternary nitrogens is 1. The minimum Gasteiger partial charge on any atom is -0.456 e. The number of carbonyl (C=O) groups is 2. The highest BCUT2D eigenvalue weighted by molar-refractivity contribution is 7.47. The molecule has 91 heavy (non-hydrogen) atoms. The Morgan fingerprint density at radius 1 is 0.385 bits per heavy atom. The summed E-state index contributed by atoms with van der Waals surface area (Å²) in [4.78, 5) is 38.0. The van der Waals surface area contributed by atoms with Gasteiger partial charge >= 0.3 is 13.8 Å². The minimum absolute atomic E-state index is 0.0390. The zero-order valence-corrected chi connectivity index (χ0v) is 61.7. The van der Waals surface area contributed by atoms with Crippen molar-refractivity contribution in [3.63, 3.8) is 0 Å². The Balaban J connectivity index is 4.89. The average Bonchev–Trinajstić information content (AvgIpc) is 3.08. The van der Waals surface area contributed by atoms with Gasteiger partial charge in [0.25, 0.3) is 0 Å². The maximum absolute atomic E-state index is 13.6. The van der Waals surface area contributed by atoms with Gasteiger partial charge in [-0.1, -0.05) is 331 Å². The zero-order valence-electron chi connectivity index (χ0n) is 60.8. The Kier molecular flexibility index (Phi) is 67.8. The minimum atomic E-state index is -4.46. The van der Waals surface area contributed by atoms with E-state index in [1.807, 2.05) is 33.3 Å². The van der Waals surface area contributed by atoms with Gasteiger partial charge in [-0.3, -0.25) is 18.6 Å². The Hall–Kier alpha value is -2.81. The molecule has 0 saturated carbocycles. The number of likely N-dealkylation sites (N-methyl/N-ethyl adjacent to an activating group) is 1. The number of allylic oxidation sites excluding steroid dienone is 13. The van der Waals surface area contributed by atoms with Crippen LogP contribution in [-0.4, -0.2) is 74.3 Å². The fraction of sp³-hybridized carbons (Fsp3) is 0.802. The molecule has 3 unspecified atom stereocenters. The summed E-state index contributed by atoms with van der Waals surface area (Å²) in [5.41, 5.74) is 0. The summed E-state index contributed by atoms with van der Waals surface area (Å²) < 4.78 is 30.9. The van der Waals surface area contributed by atoms with Gasteiger partial charge in [0.05, 0.1) is 33.8 Å². The molecule has 3 atom stereocenters. The first-order valence-corrected chi connectivity index (χ1v) is 40.4. The standard InChI is InChI=1S/C81H149N2O7P/c1-7-10-13-16-19-22-25-27-29-31-33-35-37-39-41-43-45-47-49-51-53-55-58-61-64-67-70-73-80(84)82-78(77-89-91(86,87)88-76-75-83(4,5)6)79(72-69-66-63-60-57-24-21-18-15-12-9-3)90-81(85)74-71-68-65-62-59-56-54-52-50-48-46-44-42-40-38-36-34-32-30-28-26-23-20-17-14-11-8-2/h19-20,22-23,27-30,33-36,69,72,78-79H,7-18,21,24-26,31-32,37-68,70-71,73-77H2,1-6H3,(H-,82,84,86,87)/p+1/b22-19-,23-20-,29-27-,30-28-,35-33-,36-34-,72-69+. The van der Waals surface area contributed by atoms with Crippen molar-refractivity contribution < 1.29 is 37.3 Å². The molecule has 0 radical (unpaired) electrons. The molecule has 0 aliphatic carbocycles. The van der Waals surface area contributed by atoms with E-state index >= 15 is 0 Å². The van der Waals surface area contributed by atoms with Crippen molar-refractivity contribution in [1.29, 1.82) is 0 Å². The molecule has 0 bridgehead atoms. The number of carbonyl (C=O) groups excluding carboxylic acids is 2. The van der Waals surface area contributed by atoms with Crippen molar-refractivity contribution in [2.75, 3.05) is 40.9 Å². The van der Waals surface area contributed by atoms with Gasteiger partial charge in [0, 0.05) is 12.8 Å². The summed E-state index contributed by atoms with van der Waals surface area (Å²) in [6, 6.07) is -0.852. The van der Waals surface area contributed by atoms with Crippen LogP contribution < -0.4 is 5.32 Å². The Bertz CT molecular complexity index is 1830. The number of unbranched alkanes of at least 4 members (excludes halogenated alkanes) is 43. The second-order valence-corrected chi connectivity index (χ2v) is 29.0. The highest BCUT2D eigenvalue weighted by Gasteiger charge is 2.30. The van der Waals surface area contributed by atoms with E-state index in [1.165, 1.54) is 250 Å². The molecule has 0 heterocycles. The third-order valence-electron chi connectivity index (χ3n) is 17.3. The second kappa shape index (κ2) is 70.0. The monoisotopic (exact) mass is 1290 g/mol. The summed E-state index contributed by atoms with van der Waals surface area (Å²) in [6.07, 6.45) is 94.7. The SMILES string of the molecule is CCCCC/C=C\C/C=C\C/C=C\CCCCCCCCCCCCCCCCC(=O)NC(COP(=O)(O)OCC[N+](C)(C)C)C(/C=C/CCCCCCCCCCC)OC(=O)CCCCCCCCCCCCCCCC/C=C\C/C=C\C/C=C\CCCCC. The number of ether oxygens (including phenoxy) is 1. The van der Waals surface area contributed by atoms with Crippen LogP contribution in [0, 0.1) is 0 Å². The van der Waals surface area contributed by atoms with E-state index in [-0.39, 0.29) is 31.5 Å². The highest BCUT2D eigenvalue weighted by Crippen LogP contribution is 2.43. The number of hydrogen-bond acceptors (Lipinski definition) is 6. The Morgan fingerprint density at radius 2 is 0.670 bits per heavy atom. The predicted octanol–water partition coefficient (Wildman–Crippen LogP) is 25.2. The van der Waals surface area contributed by atoms with E-state index in [2.05, 4.69) is 99.0 Å². The van der Waals surface area contributed by atoms with Gasteiger partial charge in [0.1, 0.15) is 19.3 Å². The van der Waals surface area contributed by atoms with E-state index in [0.717, 1.165) is 83.5 Å². The maximum Gasteiger partial charge on any atom is 0.472 e. The van der Waals surface area contributed by atoms with Crippen molar-refractivity contribution in [2.24, 2.45) is 0 Å². The van der Waals surface area contributed by atoms with Crippen LogP contribution in [0.1, 0.15) is 367 Å². The predicted molar refractivity (Wildman–Crippen MR) is 397 cm³/mol. The van der Waals surface area contributed by atoms with Crippen molar-refractivity contribution in [1.82, 2.24) is 5.32 Å². The van der Waals surface area contributed by atoms with Crippen LogP contribution in [0.15, 0.2) is 85.1 Å². The Labute approximate surface area is 565 Å². The maximum atomic E-state index is 13.6. The largest absolute Gasteiger partial charge is 0.472 e. The summed E-state index contributed by atoms with van der Waals surface area (Å²) >= 11 is 0. The van der Waals surface area contributed by atoms with Gasteiger partial charge in [-0.25, -0.2) is 4.57 Å². The molecule has 0 aromatic carbocycles. The van der Waals surface area contributed by atoms with Crippen LogP contribution in [-0.2, 0) is 27.9 Å². The second-order valence-electron chi connectivity index (χ2n) is 27.5. The molecular weight excluding hydrogens is 1140 g/mol. The highest BCUT2D eigenvalue weighted by atomic mass is 31.2. The van der Waals surface area contributed by atoms with Crippen molar-refractivity contribution >= 4 is 19.7 Å². The molecule has 0 fully saturated rings. The van der Waals surface area contributed by atoms with Crippen LogP contribution in [0.2, 0.25) is 0 Å². The van der Waals surface area contributed by atoms with Crippen LogP contribution in [0.4, 0.5) is 0 Å². The number of rotatable bonds is 71. The normalized spacial score (nSPS) is 13.9. The van der Waals surface area contributed by atoms with Crippen LogP contribution in [0.5, 0.6) is 0 Å². The molecule has 0 aliphatic heterocycles. The lowest BCUT2D eigenvalue weighted by Gasteiger charge is -2.27. The quantitative estimate of drug-likeness (QED) is 0.0205. The number of esters is 1. The third-order valence-corrected chi connectivity index (χ3v) is 18.3. The lowest BCUT2D eigenvalue weighted by atomic mass is 10.0. The molecule has 10 heteroatoms. The smallest absolute Gasteiger partial charge is 0.456 e. The molecule has 0 aliphatic rings. The summed E-state index contributed by atoms with van der Waals surface area (Å²) in [5, 5.41) is 3.08. The van der Waals surface area contributed by atoms with Crippen molar-refractivity contribution in [3.8, 4) is 0 Å². The number of nitrogens with one attached hydrogen (secondary N) is 1. The first-order valence-electron chi connectivity index (χ1n) is 38.9.